The Balaban J connectivity index is 2.36. The maximum absolute atomic E-state index is 4.19. The molecule has 3 aromatic rings. The molecule has 0 atom stereocenters. The van der Waals surface area contributed by atoms with E-state index in [1.54, 1.807) is 10.9 Å². The van der Waals surface area contributed by atoms with Crippen LogP contribution in [0, 0.1) is 0 Å². The van der Waals surface area contributed by atoms with Crippen molar-refractivity contribution in [2.75, 3.05) is 0 Å². The lowest BCUT2D eigenvalue weighted by Crippen LogP contribution is -1.92. The monoisotopic (exact) mass is 210 g/mol. The topological polar surface area (TPSA) is 43.6 Å². The summed E-state index contributed by atoms with van der Waals surface area (Å²) >= 11 is 0. The molecule has 0 aliphatic rings. The van der Waals surface area contributed by atoms with Crippen LogP contribution >= 0.6 is 0 Å². The summed E-state index contributed by atoms with van der Waals surface area (Å²) in [5.41, 5.74) is 4.03. The predicted molar refractivity (Wildman–Crippen MR) is 61.7 cm³/mol. The molecule has 0 fully saturated rings. The average molecular weight is 210 g/mol. The minimum absolute atomic E-state index is 0.823. The van der Waals surface area contributed by atoms with E-state index in [1.165, 1.54) is 0 Å². The number of aromatic nitrogens is 4. The van der Waals surface area contributed by atoms with Gasteiger partial charge in [-0.1, -0.05) is 35.5 Å². The Bertz CT molecular complexity index is 628. The molecule has 0 bridgehead atoms. The van der Waals surface area contributed by atoms with Crippen molar-refractivity contribution in [3.63, 3.8) is 0 Å². The second-order valence-corrected chi connectivity index (χ2v) is 3.63. The summed E-state index contributed by atoms with van der Waals surface area (Å²) in [4.78, 5) is 4.19. The highest BCUT2D eigenvalue weighted by Gasteiger charge is 2.08. The van der Waals surface area contributed by atoms with Crippen LogP contribution in [-0.4, -0.2) is 20.0 Å². The van der Waals surface area contributed by atoms with E-state index in [0.29, 0.717) is 0 Å². The summed E-state index contributed by atoms with van der Waals surface area (Å²) in [5, 5.41) is 8.06. The normalized spacial score (nSPS) is 10.8. The van der Waals surface area contributed by atoms with E-state index in [9.17, 15) is 0 Å². The zero-order valence-electron chi connectivity index (χ0n) is 8.83. The van der Waals surface area contributed by atoms with Gasteiger partial charge in [0.25, 0.3) is 0 Å². The van der Waals surface area contributed by atoms with Crippen molar-refractivity contribution in [3.05, 3.63) is 42.7 Å². The summed E-state index contributed by atoms with van der Waals surface area (Å²) in [7, 11) is 1.89. The fraction of sp³-hybridized carbons (Fsp3) is 0.0833. The molecule has 0 spiro atoms. The van der Waals surface area contributed by atoms with Crippen molar-refractivity contribution in [2.45, 2.75) is 0 Å². The predicted octanol–water partition coefficient (Wildman–Crippen LogP) is 2.03. The SMILES string of the molecule is Cn1nnc2cncc(-c3ccccc3)c21. The van der Waals surface area contributed by atoms with Crippen LogP contribution in [0.4, 0.5) is 0 Å². The van der Waals surface area contributed by atoms with E-state index in [0.717, 1.165) is 22.2 Å². The van der Waals surface area contributed by atoms with Crippen LogP contribution in [0.2, 0.25) is 0 Å². The fourth-order valence-electron chi connectivity index (χ4n) is 1.84. The molecule has 4 heteroatoms. The van der Waals surface area contributed by atoms with E-state index >= 15 is 0 Å². The van der Waals surface area contributed by atoms with Gasteiger partial charge in [-0.2, -0.15) is 0 Å². The molecule has 78 valence electrons. The quantitative estimate of drug-likeness (QED) is 0.617. The Labute approximate surface area is 92.6 Å². The highest BCUT2D eigenvalue weighted by Crippen LogP contribution is 2.25. The number of fused-ring (bicyclic) bond motifs is 1. The first-order valence-corrected chi connectivity index (χ1v) is 5.05. The van der Waals surface area contributed by atoms with Crippen LogP contribution in [0.25, 0.3) is 22.2 Å². The number of nitrogens with zero attached hydrogens (tertiary/aromatic N) is 4. The lowest BCUT2D eigenvalue weighted by molar-refractivity contribution is 0.737. The molecule has 0 saturated carbocycles. The Hall–Kier alpha value is -2.23. The maximum Gasteiger partial charge on any atom is 0.132 e. The van der Waals surface area contributed by atoms with Crippen LogP contribution in [0.15, 0.2) is 42.7 Å². The largest absolute Gasteiger partial charge is 0.262 e. The van der Waals surface area contributed by atoms with Gasteiger partial charge in [0.05, 0.1) is 11.7 Å². The molecule has 2 heterocycles. The molecule has 0 aliphatic carbocycles. The van der Waals surface area contributed by atoms with Gasteiger partial charge < -0.3 is 0 Å². The standard InChI is InChI=1S/C12H10N4/c1-16-12-10(9-5-3-2-4-6-9)7-13-8-11(12)14-15-16/h2-8H,1H3. The first kappa shape index (κ1) is 9.03. The average Bonchev–Trinajstić information content (AvgIpc) is 2.73. The minimum atomic E-state index is 0.823. The van der Waals surface area contributed by atoms with E-state index in [2.05, 4.69) is 27.4 Å². The van der Waals surface area contributed by atoms with Crippen molar-refractivity contribution in [1.82, 2.24) is 20.0 Å². The van der Waals surface area contributed by atoms with E-state index in [4.69, 9.17) is 0 Å². The highest BCUT2D eigenvalue weighted by molar-refractivity contribution is 5.90. The summed E-state index contributed by atoms with van der Waals surface area (Å²) < 4.78 is 1.78. The Morgan fingerprint density at radius 3 is 2.69 bits per heavy atom. The second kappa shape index (κ2) is 3.41. The molecule has 0 aliphatic heterocycles. The van der Waals surface area contributed by atoms with Gasteiger partial charge in [-0.3, -0.25) is 4.98 Å². The molecule has 0 unspecified atom stereocenters. The minimum Gasteiger partial charge on any atom is -0.262 e. The second-order valence-electron chi connectivity index (χ2n) is 3.63. The van der Waals surface area contributed by atoms with E-state index in [1.807, 2.05) is 31.4 Å². The molecule has 0 radical (unpaired) electrons. The van der Waals surface area contributed by atoms with Gasteiger partial charge in [-0.25, -0.2) is 4.68 Å². The number of benzene rings is 1. The van der Waals surface area contributed by atoms with Crippen LogP contribution in [-0.2, 0) is 7.05 Å². The number of pyridine rings is 1. The van der Waals surface area contributed by atoms with Crippen molar-refractivity contribution in [3.8, 4) is 11.1 Å². The van der Waals surface area contributed by atoms with Gasteiger partial charge in [0.15, 0.2) is 0 Å². The van der Waals surface area contributed by atoms with Crippen molar-refractivity contribution in [1.29, 1.82) is 0 Å². The van der Waals surface area contributed by atoms with E-state index < -0.39 is 0 Å². The summed E-state index contributed by atoms with van der Waals surface area (Å²) in [6, 6.07) is 10.1. The molecule has 0 saturated heterocycles. The van der Waals surface area contributed by atoms with Crippen molar-refractivity contribution >= 4 is 11.0 Å². The first-order valence-electron chi connectivity index (χ1n) is 5.05. The van der Waals surface area contributed by atoms with Gasteiger partial charge >= 0.3 is 0 Å². The lowest BCUT2D eigenvalue weighted by Gasteiger charge is -2.03. The van der Waals surface area contributed by atoms with Gasteiger partial charge in [0, 0.05) is 18.8 Å². The summed E-state index contributed by atoms with van der Waals surface area (Å²) in [6.45, 7) is 0. The zero-order chi connectivity index (χ0) is 11.0. The van der Waals surface area contributed by atoms with Crippen LogP contribution < -0.4 is 0 Å². The van der Waals surface area contributed by atoms with Crippen molar-refractivity contribution < 1.29 is 0 Å². The summed E-state index contributed by atoms with van der Waals surface area (Å²) in [5.74, 6) is 0. The molecule has 1 aromatic carbocycles. The third-order valence-electron chi connectivity index (χ3n) is 2.59. The molecule has 0 N–H and O–H groups in total. The first-order chi connectivity index (χ1) is 7.86. The smallest absolute Gasteiger partial charge is 0.132 e. The highest BCUT2D eigenvalue weighted by atomic mass is 15.4. The van der Waals surface area contributed by atoms with Crippen LogP contribution in [0.1, 0.15) is 0 Å². The summed E-state index contributed by atoms with van der Waals surface area (Å²) in [6.07, 6.45) is 3.58. The molecule has 16 heavy (non-hydrogen) atoms. The number of aryl methyl sites for hydroxylation is 1. The third-order valence-corrected chi connectivity index (χ3v) is 2.59. The molecule has 0 amide bonds. The van der Waals surface area contributed by atoms with Gasteiger partial charge in [-0.05, 0) is 5.56 Å². The molecular formula is C12H10N4. The van der Waals surface area contributed by atoms with Crippen LogP contribution in [0.5, 0.6) is 0 Å². The van der Waals surface area contributed by atoms with Gasteiger partial charge in [0.2, 0.25) is 0 Å². The van der Waals surface area contributed by atoms with Gasteiger partial charge in [-0.15, -0.1) is 5.10 Å². The maximum atomic E-state index is 4.19. The Morgan fingerprint density at radius 2 is 1.88 bits per heavy atom. The third kappa shape index (κ3) is 1.27. The van der Waals surface area contributed by atoms with Crippen LogP contribution in [0.3, 0.4) is 0 Å². The lowest BCUT2D eigenvalue weighted by atomic mass is 10.1. The van der Waals surface area contributed by atoms with Gasteiger partial charge in [0.1, 0.15) is 5.52 Å². The van der Waals surface area contributed by atoms with Crippen molar-refractivity contribution in [2.24, 2.45) is 7.05 Å². The number of hydrogen-bond acceptors (Lipinski definition) is 3. The molecule has 2 aromatic heterocycles. The number of rotatable bonds is 1. The fourth-order valence-corrected chi connectivity index (χ4v) is 1.84. The molecule has 4 nitrogen and oxygen atoms in total. The molecule has 3 rings (SSSR count). The zero-order valence-corrected chi connectivity index (χ0v) is 8.83. The Morgan fingerprint density at radius 1 is 1.06 bits per heavy atom. The number of hydrogen-bond donors (Lipinski definition) is 0. The molecular weight excluding hydrogens is 200 g/mol. The Kier molecular flexibility index (Phi) is 1.93. The van der Waals surface area contributed by atoms with E-state index in [-0.39, 0.29) is 0 Å².